The molecule has 10 nitrogen and oxygen atoms in total. The number of phenols is 1. The van der Waals surface area contributed by atoms with Crippen LogP contribution in [0, 0.1) is 17.8 Å². The van der Waals surface area contributed by atoms with Crippen molar-refractivity contribution in [3.8, 4) is 5.75 Å². The maximum Gasteiger partial charge on any atom is 0.256 e. The number of ketones is 2. The number of rotatable bonds is 2. The summed E-state index contributed by atoms with van der Waals surface area (Å²) in [6, 6.07) is 3.11. The van der Waals surface area contributed by atoms with Crippen LogP contribution in [0.4, 0.5) is 5.69 Å². The van der Waals surface area contributed by atoms with Crippen molar-refractivity contribution in [1.82, 2.24) is 0 Å². The number of anilines is 1. The van der Waals surface area contributed by atoms with Crippen LogP contribution in [0.1, 0.15) is 17.5 Å². The van der Waals surface area contributed by atoms with E-state index < -0.39 is 52.3 Å². The number of aromatic hydroxyl groups is 1. The number of amides is 1. The Morgan fingerprint density at radius 3 is 2.39 bits per heavy atom. The molecule has 3 aliphatic carbocycles. The zero-order valence-corrected chi connectivity index (χ0v) is 16.8. The number of benzene rings is 1. The summed E-state index contributed by atoms with van der Waals surface area (Å²) in [4.78, 5) is 39.8. The van der Waals surface area contributed by atoms with E-state index in [0.717, 1.165) is 5.69 Å². The number of hydrogen-bond donors (Lipinski definition) is 5. The van der Waals surface area contributed by atoms with E-state index in [4.69, 9.17) is 5.73 Å². The number of hydrogen-bond acceptors (Lipinski definition) is 9. The third-order valence-corrected chi connectivity index (χ3v) is 6.30. The minimum atomic E-state index is -1.47. The third-order valence-electron chi connectivity index (χ3n) is 6.30. The average molecular weight is 427 g/mol. The first kappa shape index (κ1) is 20.5. The quantitative estimate of drug-likeness (QED) is 0.199. The van der Waals surface area contributed by atoms with Gasteiger partial charge in [-0.2, -0.15) is 0 Å². The van der Waals surface area contributed by atoms with E-state index in [2.05, 4.69) is 5.16 Å². The first-order valence-corrected chi connectivity index (χ1v) is 9.59. The number of nitrogens with two attached hydrogens (primary N) is 1. The predicted molar refractivity (Wildman–Crippen MR) is 109 cm³/mol. The third kappa shape index (κ3) is 2.71. The second kappa shape index (κ2) is 6.86. The largest absolute Gasteiger partial charge is 0.507 e. The lowest BCUT2D eigenvalue weighted by Gasteiger charge is -2.41. The van der Waals surface area contributed by atoms with E-state index in [1.807, 2.05) is 4.90 Å². The molecule has 1 saturated carbocycles. The summed E-state index contributed by atoms with van der Waals surface area (Å²) in [5, 5.41) is 44.2. The van der Waals surface area contributed by atoms with E-state index in [1.54, 1.807) is 20.2 Å². The normalized spacial score (nSPS) is 26.5. The van der Waals surface area contributed by atoms with Gasteiger partial charge < -0.3 is 31.2 Å². The van der Waals surface area contributed by atoms with Crippen molar-refractivity contribution in [2.24, 2.45) is 28.6 Å². The number of Topliss-reactive ketones (excluding diaryl/α,β-unsaturated/α-hetero) is 2. The van der Waals surface area contributed by atoms with E-state index in [1.165, 1.54) is 6.07 Å². The van der Waals surface area contributed by atoms with Crippen LogP contribution in [0.2, 0.25) is 0 Å². The van der Waals surface area contributed by atoms with Gasteiger partial charge in [0.25, 0.3) is 5.91 Å². The van der Waals surface area contributed by atoms with Crippen LogP contribution in [0.5, 0.6) is 5.75 Å². The molecule has 0 radical (unpaired) electrons. The molecule has 0 saturated heterocycles. The Hall–Kier alpha value is -3.82. The lowest BCUT2D eigenvalue weighted by Crippen LogP contribution is -2.50. The van der Waals surface area contributed by atoms with Crippen molar-refractivity contribution < 1.29 is 34.9 Å². The molecule has 10 heteroatoms. The van der Waals surface area contributed by atoms with Crippen LogP contribution < -0.4 is 10.6 Å². The van der Waals surface area contributed by atoms with Crippen LogP contribution >= 0.6 is 0 Å². The van der Waals surface area contributed by atoms with Gasteiger partial charge in [-0.25, -0.2) is 0 Å². The van der Waals surface area contributed by atoms with Crippen LogP contribution in [0.25, 0.3) is 5.76 Å². The van der Waals surface area contributed by atoms with Gasteiger partial charge in [0.15, 0.2) is 17.3 Å². The zero-order chi connectivity index (χ0) is 22.8. The molecule has 1 aromatic rings. The molecule has 0 spiro atoms. The van der Waals surface area contributed by atoms with Crippen LogP contribution in [-0.4, -0.2) is 57.8 Å². The van der Waals surface area contributed by atoms with Gasteiger partial charge in [0.2, 0.25) is 0 Å². The van der Waals surface area contributed by atoms with E-state index in [9.17, 15) is 34.9 Å². The van der Waals surface area contributed by atoms with Gasteiger partial charge >= 0.3 is 0 Å². The molecule has 31 heavy (non-hydrogen) atoms. The van der Waals surface area contributed by atoms with Crippen molar-refractivity contribution in [3.63, 3.8) is 0 Å². The summed E-state index contributed by atoms with van der Waals surface area (Å²) in [7, 11) is 3.60. The second-order valence-electron chi connectivity index (χ2n) is 8.14. The van der Waals surface area contributed by atoms with Gasteiger partial charge in [-0.15, -0.1) is 0 Å². The molecule has 4 rings (SSSR count). The Kier molecular flexibility index (Phi) is 4.53. The molecule has 1 amide bonds. The Bertz CT molecular complexity index is 1150. The lowest BCUT2D eigenvalue weighted by atomic mass is 9.60. The second-order valence-corrected chi connectivity index (χ2v) is 8.14. The molecule has 0 aromatic heterocycles. The highest BCUT2D eigenvalue weighted by Gasteiger charge is 2.54. The topological polar surface area (TPSA) is 174 Å². The van der Waals surface area contributed by atoms with E-state index in [-0.39, 0.29) is 35.4 Å². The molecule has 1 aromatic carbocycles. The Morgan fingerprint density at radius 1 is 1.13 bits per heavy atom. The van der Waals surface area contributed by atoms with Crippen molar-refractivity contribution in [3.05, 3.63) is 40.2 Å². The first-order chi connectivity index (χ1) is 14.6. The number of allylic oxidation sites excluding steroid dienone is 2. The molecule has 3 unspecified atom stereocenters. The summed E-state index contributed by atoms with van der Waals surface area (Å²) >= 11 is 0. The van der Waals surface area contributed by atoms with Gasteiger partial charge in [-0.1, -0.05) is 5.16 Å². The molecule has 3 atom stereocenters. The van der Waals surface area contributed by atoms with E-state index in [0.29, 0.717) is 5.56 Å². The van der Waals surface area contributed by atoms with Crippen LogP contribution in [0.3, 0.4) is 0 Å². The fraction of sp³-hybridized carbons (Fsp3) is 0.333. The number of phenolic OH excluding ortho intramolecular Hbond substituents is 1. The number of oxime groups is 1. The first-order valence-electron chi connectivity index (χ1n) is 9.59. The number of carbonyl (C=O) groups is 3. The van der Waals surface area contributed by atoms with Gasteiger partial charge in [0.1, 0.15) is 22.8 Å². The molecule has 3 aliphatic rings. The number of carbonyl (C=O) groups excluding carboxylic acids is 3. The van der Waals surface area contributed by atoms with E-state index >= 15 is 0 Å². The van der Waals surface area contributed by atoms with Crippen LogP contribution in [0.15, 0.2) is 34.2 Å². The number of primary amides is 1. The number of nitrogens with zero attached hydrogens (tertiary/aromatic N) is 2. The minimum absolute atomic E-state index is 0.0317. The zero-order valence-electron chi connectivity index (χ0n) is 16.8. The molecular weight excluding hydrogens is 406 g/mol. The summed E-state index contributed by atoms with van der Waals surface area (Å²) in [6.45, 7) is 0. The van der Waals surface area contributed by atoms with Gasteiger partial charge in [-0.05, 0) is 36.5 Å². The maximum absolute atomic E-state index is 13.4. The monoisotopic (exact) mass is 427 g/mol. The standard InChI is InChI=1S/C21H21N3O7/c1-24(2)10-3-4-11(25)13-8(10)5-7-6-9-14(18(27)12(7)17(13)26)19(28)15(21(22)30)20(29)16(9)23-31/h3-4,7,9,14,25-26,29,31H,5-6H2,1-2H3,(H2,22,30)/b23-16-. The van der Waals surface area contributed by atoms with Crippen molar-refractivity contribution >= 4 is 34.6 Å². The summed E-state index contributed by atoms with van der Waals surface area (Å²) in [6.07, 6.45) is 0.366. The summed E-state index contributed by atoms with van der Waals surface area (Å²) in [5.41, 5.74) is 5.48. The lowest BCUT2D eigenvalue weighted by molar-refractivity contribution is -0.133. The molecule has 1 fully saturated rings. The maximum atomic E-state index is 13.4. The highest BCUT2D eigenvalue weighted by atomic mass is 16.4. The molecular formula is C21H21N3O7. The van der Waals surface area contributed by atoms with Crippen molar-refractivity contribution in [2.75, 3.05) is 19.0 Å². The average Bonchev–Trinajstić information content (AvgIpc) is 2.67. The van der Waals surface area contributed by atoms with Crippen LogP contribution in [-0.2, 0) is 20.8 Å². The van der Waals surface area contributed by atoms with Gasteiger partial charge in [0.05, 0.1) is 11.5 Å². The molecule has 0 aliphatic heterocycles. The van der Waals surface area contributed by atoms with Gasteiger partial charge in [0, 0.05) is 31.3 Å². The van der Waals surface area contributed by atoms with Crippen molar-refractivity contribution in [1.29, 1.82) is 0 Å². The fourth-order valence-electron chi connectivity index (χ4n) is 5.01. The Labute approximate surface area is 176 Å². The SMILES string of the molecule is CN(C)c1ccc(O)c2c1CC1CC3/C(=N/O)C(O)=C(C(N)=O)C(=O)C3C(=O)C1=C2O. The number of aliphatic hydroxyl groups excluding tert-OH is 2. The molecule has 162 valence electrons. The fourth-order valence-corrected chi connectivity index (χ4v) is 5.01. The minimum Gasteiger partial charge on any atom is -0.507 e. The Morgan fingerprint density at radius 2 is 1.81 bits per heavy atom. The smallest absolute Gasteiger partial charge is 0.256 e. The predicted octanol–water partition coefficient (Wildman–Crippen LogP) is 0.815. The number of fused-ring (bicyclic) bond motifs is 3. The molecule has 0 heterocycles. The molecule has 6 N–H and O–H groups in total. The Balaban J connectivity index is 1.92. The highest BCUT2D eigenvalue weighted by molar-refractivity contribution is 6.34. The highest BCUT2D eigenvalue weighted by Crippen LogP contribution is 2.50. The molecule has 0 bridgehead atoms. The van der Waals surface area contributed by atoms with Crippen molar-refractivity contribution in [2.45, 2.75) is 12.8 Å². The summed E-state index contributed by atoms with van der Waals surface area (Å²) < 4.78 is 0. The number of aliphatic hydroxyl groups is 2. The van der Waals surface area contributed by atoms with Gasteiger partial charge in [-0.3, -0.25) is 14.4 Å². The summed E-state index contributed by atoms with van der Waals surface area (Å²) in [5.74, 6) is -7.48.